The maximum atomic E-state index is 5.23. The number of nitrogens with zero attached hydrogens (tertiary/aromatic N) is 1. The minimum atomic E-state index is 0.363. The van der Waals surface area contributed by atoms with E-state index in [-0.39, 0.29) is 0 Å². The average Bonchev–Trinajstić information content (AvgIpc) is 2.48. The predicted molar refractivity (Wildman–Crippen MR) is 93.0 cm³/mol. The molecular weight excluding hydrogens is 328 g/mol. The van der Waals surface area contributed by atoms with Crippen LogP contribution in [-0.2, 0) is 4.74 Å². The lowest BCUT2D eigenvalue weighted by Crippen LogP contribution is -2.31. The number of anilines is 1. The van der Waals surface area contributed by atoms with Crippen molar-refractivity contribution in [1.29, 1.82) is 0 Å². The van der Waals surface area contributed by atoms with E-state index in [2.05, 4.69) is 64.3 Å². The highest BCUT2D eigenvalue weighted by molar-refractivity contribution is 9.10. The van der Waals surface area contributed by atoms with Gasteiger partial charge in [0.1, 0.15) is 0 Å². The van der Waals surface area contributed by atoms with Gasteiger partial charge >= 0.3 is 0 Å². The van der Waals surface area contributed by atoms with Gasteiger partial charge in [-0.1, -0.05) is 35.0 Å². The SMILES string of the molecule is CCNC(C)c1ccc(Br)cc1N1CC=C(COC)CC1. The van der Waals surface area contributed by atoms with Gasteiger partial charge in [-0.3, -0.25) is 0 Å². The summed E-state index contributed by atoms with van der Waals surface area (Å²) in [4.78, 5) is 2.45. The number of hydrogen-bond donors (Lipinski definition) is 1. The van der Waals surface area contributed by atoms with E-state index < -0.39 is 0 Å². The van der Waals surface area contributed by atoms with E-state index in [1.54, 1.807) is 7.11 Å². The van der Waals surface area contributed by atoms with Gasteiger partial charge < -0.3 is 15.0 Å². The Kier molecular flexibility index (Phi) is 6.27. The smallest absolute Gasteiger partial charge is 0.0674 e. The van der Waals surface area contributed by atoms with Gasteiger partial charge in [-0.25, -0.2) is 0 Å². The molecule has 0 aliphatic carbocycles. The van der Waals surface area contributed by atoms with E-state index in [1.807, 2.05) is 0 Å². The molecule has 4 heteroatoms. The highest BCUT2D eigenvalue weighted by Crippen LogP contribution is 2.31. The molecule has 3 nitrogen and oxygen atoms in total. The molecule has 116 valence electrons. The lowest BCUT2D eigenvalue weighted by atomic mass is 10.0. The number of hydrogen-bond acceptors (Lipinski definition) is 3. The zero-order valence-electron chi connectivity index (χ0n) is 13.2. The number of rotatable bonds is 6. The summed E-state index contributed by atoms with van der Waals surface area (Å²) >= 11 is 3.61. The lowest BCUT2D eigenvalue weighted by Gasteiger charge is -2.31. The molecule has 0 fully saturated rings. The van der Waals surface area contributed by atoms with Gasteiger partial charge in [0.05, 0.1) is 6.61 Å². The molecule has 0 saturated heterocycles. The minimum absolute atomic E-state index is 0.363. The van der Waals surface area contributed by atoms with Crippen LogP contribution in [0.15, 0.2) is 34.3 Å². The summed E-state index contributed by atoms with van der Waals surface area (Å²) in [5.41, 5.74) is 4.10. The lowest BCUT2D eigenvalue weighted by molar-refractivity contribution is 0.222. The second kappa shape index (κ2) is 7.97. The monoisotopic (exact) mass is 352 g/mol. The first kappa shape index (κ1) is 16.5. The average molecular weight is 353 g/mol. The van der Waals surface area contributed by atoms with Gasteiger partial charge in [0.2, 0.25) is 0 Å². The third kappa shape index (κ3) is 4.31. The number of benzene rings is 1. The first-order valence-corrected chi connectivity index (χ1v) is 8.39. The molecule has 0 saturated carbocycles. The Balaban J connectivity index is 2.21. The molecule has 1 aromatic rings. The summed E-state index contributed by atoms with van der Waals surface area (Å²) in [7, 11) is 1.76. The third-order valence-electron chi connectivity index (χ3n) is 3.94. The van der Waals surface area contributed by atoms with Crippen LogP contribution in [0.4, 0.5) is 5.69 Å². The highest BCUT2D eigenvalue weighted by atomic mass is 79.9. The first-order valence-electron chi connectivity index (χ1n) is 7.60. The van der Waals surface area contributed by atoms with Gasteiger partial charge in [-0.2, -0.15) is 0 Å². The second-order valence-electron chi connectivity index (χ2n) is 5.47. The molecule has 1 N–H and O–H groups in total. The predicted octanol–water partition coefficient (Wildman–Crippen LogP) is 3.90. The molecule has 21 heavy (non-hydrogen) atoms. The maximum absolute atomic E-state index is 5.23. The Labute approximate surface area is 136 Å². The maximum Gasteiger partial charge on any atom is 0.0674 e. The molecule has 1 aliphatic heterocycles. The van der Waals surface area contributed by atoms with Crippen molar-refractivity contribution in [2.45, 2.75) is 26.3 Å². The number of halogens is 1. The van der Waals surface area contributed by atoms with Gasteiger partial charge in [0.15, 0.2) is 0 Å². The third-order valence-corrected chi connectivity index (χ3v) is 4.44. The van der Waals surface area contributed by atoms with Gasteiger partial charge in [0.25, 0.3) is 0 Å². The fourth-order valence-corrected chi connectivity index (χ4v) is 3.17. The Morgan fingerprint density at radius 2 is 2.24 bits per heavy atom. The molecule has 0 spiro atoms. The van der Waals surface area contributed by atoms with Crippen molar-refractivity contribution >= 4 is 21.6 Å². The minimum Gasteiger partial charge on any atom is -0.380 e. The van der Waals surface area contributed by atoms with E-state index in [9.17, 15) is 0 Å². The van der Waals surface area contributed by atoms with E-state index in [0.717, 1.165) is 37.1 Å². The van der Waals surface area contributed by atoms with Crippen LogP contribution in [0.1, 0.15) is 31.9 Å². The van der Waals surface area contributed by atoms with Crippen LogP contribution in [0.3, 0.4) is 0 Å². The Morgan fingerprint density at radius 3 is 2.86 bits per heavy atom. The normalized spacial score (nSPS) is 16.8. The molecule has 1 unspecified atom stereocenters. The fraction of sp³-hybridized carbons (Fsp3) is 0.529. The second-order valence-corrected chi connectivity index (χ2v) is 6.39. The van der Waals surface area contributed by atoms with Crippen LogP contribution >= 0.6 is 15.9 Å². The summed E-state index contributed by atoms with van der Waals surface area (Å²) < 4.78 is 6.37. The quantitative estimate of drug-likeness (QED) is 0.785. The van der Waals surface area contributed by atoms with Crippen molar-refractivity contribution in [1.82, 2.24) is 5.32 Å². The zero-order valence-corrected chi connectivity index (χ0v) is 14.7. The van der Waals surface area contributed by atoms with Crippen molar-refractivity contribution in [2.75, 3.05) is 38.3 Å². The highest BCUT2D eigenvalue weighted by Gasteiger charge is 2.18. The molecule has 1 heterocycles. The number of methoxy groups -OCH3 is 1. The van der Waals surface area contributed by atoms with E-state index in [1.165, 1.54) is 16.8 Å². The molecule has 1 aromatic carbocycles. The molecule has 0 bridgehead atoms. The van der Waals surface area contributed by atoms with E-state index >= 15 is 0 Å². The fourth-order valence-electron chi connectivity index (χ4n) is 2.82. The van der Waals surface area contributed by atoms with Crippen molar-refractivity contribution < 1.29 is 4.74 Å². The first-order chi connectivity index (χ1) is 10.2. The molecule has 1 atom stereocenters. The van der Waals surface area contributed by atoms with Crippen LogP contribution in [0.2, 0.25) is 0 Å². The Hall–Kier alpha value is -0.840. The topological polar surface area (TPSA) is 24.5 Å². The van der Waals surface area contributed by atoms with Crippen LogP contribution in [0.25, 0.3) is 0 Å². The molecular formula is C17H25BrN2O. The van der Waals surface area contributed by atoms with Gasteiger partial charge in [-0.15, -0.1) is 0 Å². The van der Waals surface area contributed by atoms with E-state index in [4.69, 9.17) is 4.74 Å². The van der Waals surface area contributed by atoms with Crippen LogP contribution < -0.4 is 10.2 Å². The standard InChI is InChI=1S/C17H25BrN2O/c1-4-19-13(2)16-6-5-15(18)11-17(16)20-9-7-14(8-10-20)12-21-3/h5-7,11,13,19H,4,8-10,12H2,1-3H3. The summed E-state index contributed by atoms with van der Waals surface area (Å²) in [6, 6.07) is 6.95. The molecule has 0 aromatic heterocycles. The summed E-state index contributed by atoms with van der Waals surface area (Å²) in [6.45, 7) is 8.13. The van der Waals surface area contributed by atoms with Crippen LogP contribution in [0, 0.1) is 0 Å². The van der Waals surface area contributed by atoms with Crippen molar-refractivity contribution in [3.63, 3.8) is 0 Å². The van der Waals surface area contributed by atoms with E-state index in [0.29, 0.717) is 6.04 Å². The summed E-state index contributed by atoms with van der Waals surface area (Å²) in [5, 5.41) is 3.51. The number of ether oxygens (including phenoxy) is 1. The molecule has 0 radical (unpaired) electrons. The van der Waals surface area contributed by atoms with Gasteiger partial charge in [0, 0.05) is 36.4 Å². The molecule has 1 aliphatic rings. The van der Waals surface area contributed by atoms with Crippen LogP contribution in [-0.4, -0.2) is 33.4 Å². The van der Waals surface area contributed by atoms with Crippen molar-refractivity contribution in [3.05, 3.63) is 39.9 Å². The summed E-state index contributed by atoms with van der Waals surface area (Å²) in [6.07, 6.45) is 3.38. The molecule has 2 rings (SSSR count). The Morgan fingerprint density at radius 1 is 1.43 bits per heavy atom. The van der Waals surface area contributed by atoms with Crippen molar-refractivity contribution in [3.8, 4) is 0 Å². The largest absolute Gasteiger partial charge is 0.380 e. The van der Waals surface area contributed by atoms with Crippen LogP contribution in [0.5, 0.6) is 0 Å². The zero-order chi connectivity index (χ0) is 15.2. The van der Waals surface area contributed by atoms with Gasteiger partial charge in [-0.05, 0) is 43.2 Å². The summed E-state index contributed by atoms with van der Waals surface area (Å²) in [5.74, 6) is 0. The van der Waals surface area contributed by atoms with Crippen molar-refractivity contribution in [2.24, 2.45) is 0 Å². The number of nitrogens with one attached hydrogen (secondary N) is 1. The molecule has 0 amide bonds. The Bertz CT molecular complexity index is 502.